The maximum atomic E-state index is 12.8. The van der Waals surface area contributed by atoms with Crippen LogP contribution in [-0.4, -0.2) is 61.2 Å². The summed E-state index contributed by atoms with van der Waals surface area (Å²) in [6, 6.07) is 11.3. The predicted octanol–water partition coefficient (Wildman–Crippen LogP) is 2.35. The van der Waals surface area contributed by atoms with E-state index in [-0.39, 0.29) is 17.9 Å². The molecule has 0 saturated carbocycles. The third kappa shape index (κ3) is 4.67. The van der Waals surface area contributed by atoms with Crippen LogP contribution in [0.25, 0.3) is 0 Å². The highest BCUT2D eigenvalue weighted by molar-refractivity contribution is 8.00. The number of fused-ring (bicyclic) bond motifs is 1. The fourth-order valence-electron chi connectivity index (χ4n) is 3.59. The van der Waals surface area contributed by atoms with Crippen LogP contribution in [0.15, 0.2) is 54.2 Å². The number of amides is 2. The van der Waals surface area contributed by atoms with E-state index < -0.39 is 17.9 Å². The van der Waals surface area contributed by atoms with Gasteiger partial charge in [0.05, 0.1) is 32.5 Å². The number of thioether (sulfide) groups is 1. The Kier molecular flexibility index (Phi) is 6.97. The summed E-state index contributed by atoms with van der Waals surface area (Å²) < 4.78 is 20.9. The van der Waals surface area contributed by atoms with Gasteiger partial charge in [-0.15, -0.1) is 11.8 Å². The first-order valence-electron chi connectivity index (χ1n) is 10.4. The molecule has 0 radical (unpaired) electrons. The molecule has 2 aromatic rings. The van der Waals surface area contributed by atoms with Gasteiger partial charge in [0.15, 0.2) is 0 Å². The van der Waals surface area contributed by atoms with Crippen LogP contribution in [-0.2, 0) is 20.9 Å². The Hall–Kier alpha value is -3.66. The van der Waals surface area contributed by atoms with Crippen LogP contribution in [0.5, 0.6) is 17.2 Å². The Balaban J connectivity index is 1.35. The van der Waals surface area contributed by atoms with Crippen molar-refractivity contribution in [3.8, 4) is 17.2 Å². The minimum Gasteiger partial charge on any atom is -0.497 e. The van der Waals surface area contributed by atoms with E-state index in [2.05, 4.69) is 5.32 Å². The summed E-state index contributed by atoms with van der Waals surface area (Å²) in [5, 5.41) is 2.47. The smallest absolute Gasteiger partial charge is 0.336 e. The van der Waals surface area contributed by atoms with E-state index in [4.69, 9.17) is 18.9 Å². The number of esters is 1. The molecule has 1 saturated heterocycles. The van der Waals surface area contributed by atoms with Crippen molar-refractivity contribution in [1.82, 2.24) is 10.2 Å². The average molecular weight is 485 g/mol. The van der Waals surface area contributed by atoms with Crippen molar-refractivity contribution in [2.24, 2.45) is 0 Å². The summed E-state index contributed by atoms with van der Waals surface area (Å²) in [6.07, 6.45) is 1.51. The van der Waals surface area contributed by atoms with Gasteiger partial charge in [0.2, 0.25) is 0 Å². The number of methoxy groups -OCH3 is 3. The number of ether oxygens (including phenoxy) is 4. The van der Waals surface area contributed by atoms with E-state index in [1.54, 1.807) is 37.4 Å². The number of benzene rings is 2. The number of hydrogen-bond donors (Lipinski definition) is 1. The minimum absolute atomic E-state index is 0.116. The first-order chi connectivity index (χ1) is 16.4. The van der Waals surface area contributed by atoms with Crippen LogP contribution in [0.3, 0.4) is 0 Å². The highest BCUT2D eigenvalue weighted by Gasteiger charge is 2.50. The zero-order valence-corrected chi connectivity index (χ0v) is 19.7. The number of β-lactam (4-membered cyclic amide) rings is 1. The number of nitrogens with one attached hydrogen (secondary N) is 1. The zero-order chi connectivity index (χ0) is 24.2. The summed E-state index contributed by atoms with van der Waals surface area (Å²) in [5.41, 5.74) is 1.52. The molecule has 2 heterocycles. The molecule has 2 atom stereocenters. The van der Waals surface area contributed by atoms with Crippen molar-refractivity contribution >= 4 is 29.5 Å². The van der Waals surface area contributed by atoms with Crippen LogP contribution >= 0.6 is 11.8 Å². The lowest BCUT2D eigenvalue weighted by Gasteiger charge is -2.47. The molecule has 0 aliphatic carbocycles. The molecule has 4 rings (SSSR count). The number of nitrogens with zero attached hydrogens (tertiary/aromatic N) is 1. The third-order valence-electron chi connectivity index (χ3n) is 5.52. The van der Waals surface area contributed by atoms with Crippen LogP contribution < -0.4 is 19.5 Å². The first kappa shape index (κ1) is 23.5. The van der Waals surface area contributed by atoms with E-state index in [0.29, 0.717) is 28.4 Å². The Morgan fingerprint density at radius 2 is 1.74 bits per heavy atom. The van der Waals surface area contributed by atoms with Crippen molar-refractivity contribution in [2.75, 3.05) is 27.1 Å². The second kappa shape index (κ2) is 10.1. The molecule has 1 unspecified atom stereocenters. The summed E-state index contributed by atoms with van der Waals surface area (Å²) in [6.45, 7) is 0.116. The van der Waals surface area contributed by atoms with Gasteiger partial charge in [0.1, 0.15) is 35.3 Å². The van der Waals surface area contributed by atoms with Crippen molar-refractivity contribution in [3.63, 3.8) is 0 Å². The summed E-state index contributed by atoms with van der Waals surface area (Å²) in [5.74, 6) is 0.789. The highest BCUT2D eigenvalue weighted by Crippen LogP contribution is 2.37. The Labute approximate surface area is 201 Å². The fraction of sp³-hybridized carbons (Fsp3) is 0.292. The normalized spacial score (nSPS) is 18.7. The van der Waals surface area contributed by atoms with E-state index in [0.717, 1.165) is 11.3 Å². The minimum atomic E-state index is -0.697. The lowest BCUT2D eigenvalue weighted by molar-refractivity contribution is -0.142. The third-order valence-corrected chi connectivity index (χ3v) is 6.83. The van der Waals surface area contributed by atoms with Gasteiger partial charge in [0.25, 0.3) is 11.8 Å². The summed E-state index contributed by atoms with van der Waals surface area (Å²) in [7, 11) is 4.56. The molecule has 9 nitrogen and oxygen atoms in total. The van der Waals surface area contributed by atoms with Gasteiger partial charge in [-0.2, -0.15) is 0 Å². The molecule has 0 bridgehead atoms. The highest BCUT2D eigenvalue weighted by atomic mass is 32.2. The topological polar surface area (TPSA) is 103 Å². The lowest BCUT2D eigenvalue weighted by atomic mass is 10.1. The van der Waals surface area contributed by atoms with Gasteiger partial charge in [0, 0.05) is 18.0 Å². The van der Waals surface area contributed by atoms with Gasteiger partial charge in [-0.05, 0) is 29.8 Å². The molecule has 10 heteroatoms. The molecule has 178 valence electrons. The summed E-state index contributed by atoms with van der Waals surface area (Å²) in [4.78, 5) is 39.4. The standard InChI is InChI=1S/C24H24N2O7S/c1-30-16-6-4-14(5-7-16)12-33-24(29)15-11-26-22(28)20(23(26)34-13-15)25-21(27)18-9-8-17(31-2)10-19(18)32-3/h4-11,20,23H,12-13H2,1-3H3,(H,25,27)/t20?,23-/m1/s1. The fourth-order valence-corrected chi connectivity index (χ4v) is 4.84. The Bertz CT molecular complexity index is 1130. The van der Waals surface area contributed by atoms with Crippen LogP contribution in [0, 0.1) is 0 Å². The van der Waals surface area contributed by atoms with Crippen LogP contribution in [0.2, 0.25) is 0 Å². The van der Waals surface area contributed by atoms with E-state index >= 15 is 0 Å². The van der Waals surface area contributed by atoms with Crippen LogP contribution in [0.1, 0.15) is 15.9 Å². The van der Waals surface area contributed by atoms with E-state index in [1.165, 1.54) is 37.1 Å². The van der Waals surface area contributed by atoms with Crippen molar-refractivity contribution < 1.29 is 33.3 Å². The molecular weight excluding hydrogens is 460 g/mol. The largest absolute Gasteiger partial charge is 0.497 e. The average Bonchev–Trinajstić information content (AvgIpc) is 2.89. The van der Waals surface area contributed by atoms with Crippen molar-refractivity contribution in [2.45, 2.75) is 18.0 Å². The van der Waals surface area contributed by atoms with Gasteiger partial charge in [-0.1, -0.05) is 12.1 Å². The van der Waals surface area contributed by atoms with Gasteiger partial charge < -0.3 is 29.2 Å². The van der Waals surface area contributed by atoms with Gasteiger partial charge in [-0.3, -0.25) is 9.59 Å². The number of carbonyl (C=O) groups is 3. The van der Waals surface area contributed by atoms with Gasteiger partial charge >= 0.3 is 5.97 Å². The molecule has 2 aliphatic rings. The Morgan fingerprint density at radius 3 is 2.41 bits per heavy atom. The SMILES string of the molecule is COc1ccc(COC(=O)C2=CN3C(=O)C(NC(=O)c4ccc(OC)cc4OC)[C@H]3SC2)cc1. The molecule has 0 spiro atoms. The maximum absolute atomic E-state index is 12.8. The van der Waals surface area contributed by atoms with E-state index in [1.807, 2.05) is 12.1 Å². The molecule has 0 aromatic heterocycles. The number of rotatable bonds is 8. The predicted molar refractivity (Wildman–Crippen MR) is 125 cm³/mol. The monoisotopic (exact) mass is 484 g/mol. The van der Waals surface area contributed by atoms with Gasteiger partial charge in [-0.25, -0.2) is 4.79 Å². The van der Waals surface area contributed by atoms with Crippen molar-refractivity contribution in [1.29, 1.82) is 0 Å². The quantitative estimate of drug-likeness (QED) is 0.450. The Morgan fingerprint density at radius 1 is 1.03 bits per heavy atom. The van der Waals surface area contributed by atoms with Crippen molar-refractivity contribution in [3.05, 3.63) is 65.4 Å². The number of carbonyl (C=O) groups excluding carboxylic acids is 3. The molecule has 2 aliphatic heterocycles. The first-order valence-corrected chi connectivity index (χ1v) is 11.5. The molecule has 2 amide bonds. The maximum Gasteiger partial charge on any atom is 0.336 e. The number of hydrogen-bond acceptors (Lipinski definition) is 8. The molecule has 1 N–H and O–H groups in total. The van der Waals surface area contributed by atoms with E-state index in [9.17, 15) is 14.4 Å². The lowest BCUT2D eigenvalue weighted by Crippen LogP contribution is -2.68. The molecular formula is C24H24N2O7S. The molecule has 1 fully saturated rings. The van der Waals surface area contributed by atoms with Crippen LogP contribution in [0.4, 0.5) is 0 Å². The second-order valence-corrected chi connectivity index (χ2v) is 8.65. The second-order valence-electron chi connectivity index (χ2n) is 7.54. The molecule has 2 aromatic carbocycles. The zero-order valence-electron chi connectivity index (χ0n) is 18.9. The molecule has 34 heavy (non-hydrogen) atoms. The summed E-state index contributed by atoms with van der Waals surface area (Å²) >= 11 is 1.39.